The molecule has 2 aliphatic rings. The molecular formula is C17H32ClNO2. The first-order valence-electron chi connectivity index (χ1n) is 8.90. The van der Waals surface area contributed by atoms with Gasteiger partial charge in [-0.25, -0.2) is 0 Å². The van der Waals surface area contributed by atoms with Gasteiger partial charge in [0.25, 0.3) is 0 Å². The van der Waals surface area contributed by atoms with Crippen LogP contribution in [-0.4, -0.2) is 55.3 Å². The first kappa shape index (κ1) is 17.5. The van der Waals surface area contributed by atoms with E-state index in [2.05, 4.69) is 11.8 Å². The van der Waals surface area contributed by atoms with Crippen LogP contribution in [0.25, 0.3) is 0 Å². The van der Waals surface area contributed by atoms with E-state index < -0.39 is 0 Å². The Balaban J connectivity index is 1.75. The summed E-state index contributed by atoms with van der Waals surface area (Å²) in [6.45, 7) is 6.87. The quantitative estimate of drug-likeness (QED) is 0.501. The van der Waals surface area contributed by atoms with Crippen LogP contribution in [0.4, 0.5) is 0 Å². The SMILES string of the molecule is CCCCOCCOC1CCCC(Cl)C1N1CCCCC1. The van der Waals surface area contributed by atoms with Crippen LogP contribution in [0.1, 0.15) is 58.3 Å². The van der Waals surface area contributed by atoms with E-state index in [4.69, 9.17) is 21.1 Å². The van der Waals surface area contributed by atoms with E-state index in [1.807, 2.05) is 0 Å². The minimum atomic E-state index is 0.253. The summed E-state index contributed by atoms with van der Waals surface area (Å²) in [6, 6.07) is 0.413. The predicted octanol–water partition coefficient (Wildman–Crippen LogP) is 3.83. The number of halogens is 1. The van der Waals surface area contributed by atoms with Gasteiger partial charge in [-0.15, -0.1) is 11.6 Å². The number of unbranched alkanes of at least 4 members (excludes halogenated alkanes) is 1. The second kappa shape index (κ2) is 10.0. The number of alkyl halides is 1. The topological polar surface area (TPSA) is 21.7 Å². The van der Waals surface area contributed by atoms with E-state index in [1.54, 1.807) is 0 Å². The van der Waals surface area contributed by atoms with Gasteiger partial charge in [0.15, 0.2) is 0 Å². The smallest absolute Gasteiger partial charge is 0.0745 e. The van der Waals surface area contributed by atoms with Crippen molar-refractivity contribution in [3.63, 3.8) is 0 Å². The Morgan fingerprint density at radius 1 is 1.00 bits per heavy atom. The number of hydrogen-bond acceptors (Lipinski definition) is 3. The van der Waals surface area contributed by atoms with Crippen molar-refractivity contribution in [3.05, 3.63) is 0 Å². The summed E-state index contributed by atoms with van der Waals surface area (Å²) in [5.41, 5.74) is 0. The fourth-order valence-corrected chi connectivity index (χ4v) is 4.03. The largest absolute Gasteiger partial charge is 0.379 e. The molecule has 1 aliphatic heterocycles. The highest BCUT2D eigenvalue weighted by Crippen LogP contribution is 2.31. The number of piperidine rings is 1. The van der Waals surface area contributed by atoms with E-state index in [0.29, 0.717) is 18.8 Å². The highest BCUT2D eigenvalue weighted by atomic mass is 35.5. The molecule has 0 amide bonds. The first-order chi connectivity index (χ1) is 10.3. The lowest BCUT2D eigenvalue weighted by Gasteiger charge is -2.44. The van der Waals surface area contributed by atoms with E-state index in [-0.39, 0.29) is 5.38 Å². The van der Waals surface area contributed by atoms with Gasteiger partial charge in [-0.2, -0.15) is 0 Å². The zero-order valence-electron chi connectivity index (χ0n) is 13.6. The molecule has 1 saturated carbocycles. The normalized spacial score (nSPS) is 31.4. The summed E-state index contributed by atoms with van der Waals surface area (Å²) in [5, 5.41) is 0.253. The fourth-order valence-electron chi connectivity index (χ4n) is 3.56. The summed E-state index contributed by atoms with van der Waals surface area (Å²) in [4.78, 5) is 2.59. The average Bonchev–Trinajstić information content (AvgIpc) is 2.52. The van der Waals surface area contributed by atoms with Crippen LogP contribution in [0.5, 0.6) is 0 Å². The third-order valence-electron chi connectivity index (χ3n) is 4.73. The van der Waals surface area contributed by atoms with Crippen LogP contribution in [0.15, 0.2) is 0 Å². The molecule has 4 heteroatoms. The van der Waals surface area contributed by atoms with Crippen molar-refractivity contribution in [2.45, 2.75) is 75.8 Å². The third kappa shape index (κ3) is 5.70. The minimum Gasteiger partial charge on any atom is -0.379 e. The predicted molar refractivity (Wildman–Crippen MR) is 88.2 cm³/mol. The van der Waals surface area contributed by atoms with Crippen molar-refractivity contribution < 1.29 is 9.47 Å². The van der Waals surface area contributed by atoms with Crippen LogP contribution in [0, 0.1) is 0 Å². The first-order valence-corrected chi connectivity index (χ1v) is 9.34. The Labute approximate surface area is 135 Å². The van der Waals surface area contributed by atoms with E-state index >= 15 is 0 Å². The summed E-state index contributed by atoms with van der Waals surface area (Å²) in [7, 11) is 0. The molecule has 0 spiro atoms. The maximum atomic E-state index is 6.64. The molecule has 2 fully saturated rings. The molecule has 0 bridgehead atoms. The fraction of sp³-hybridized carbons (Fsp3) is 1.00. The van der Waals surface area contributed by atoms with Crippen molar-refractivity contribution in [1.82, 2.24) is 4.90 Å². The van der Waals surface area contributed by atoms with Gasteiger partial charge in [0, 0.05) is 6.61 Å². The maximum absolute atomic E-state index is 6.64. The van der Waals surface area contributed by atoms with Crippen LogP contribution in [0.3, 0.4) is 0 Å². The van der Waals surface area contributed by atoms with Crippen molar-refractivity contribution >= 4 is 11.6 Å². The molecule has 1 heterocycles. The van der Waals surface area contributed by atoms with Gasteiger partial charge in [-0.1, -0.05) is 19.8 Å². The van der Waals surface area contributed by atoms with Crippen molar-refractivity contribution in [1.29, 1.82) is 0 Å². The van der Waals surface area contributed by atoms with Crippen molar-refractivity contribution in [3.8, 4) is 0 Å². The second-order valence-corrected chi connectivity index (χ2v) is 6.97. The second-order valence-electron chi connectivity index (χ2n) is 6.41. The van der Waals surface area contributed by atoms with Crippen LogP contribution in [-0.2, 0) is 9.47 Å². The number of hydrogen-bond donors (Lipinski definition) is 0. The van der Waals surface area contributed by atoms with Gasteiger partial charge >= 0.3 is 0 Å². The molecule has 0 radical (unpaired) electrons. The van der Waals surface area contributed by atoms with Crippen LogP contribution < -0.4 is 0 Å². The lowest BCUT2D eigenvalue weighted by molar-refractivity contribution is -0.0572. The Morgan fingerprint density at radius 2 is 1.81 bits per heavy atom. The third-order valence-corrected chi connectivity index (χ3v) is 5.21. The van der Waals surface area contributed by atoms with Crippen LogP contribution in [0.2, 0.25) is 0 Å². The molecule has 0 aromatic carbocycles. The average molecular weight is 318 g/mol. The summed E-state index contributed by atoms with van der Waals surface area (Å²) in [5.74, 6) is 0. The van der Waals surface area contributed by atoms with Gasteiger partial charge in [-0.3, -0.25) is 4.90 Å². The van der Waals surface area contributed by atoms with Gasteiger partial charge < -0.3 is 9.47 Å². The summed E-state index contributed by atoms with van der Waals surface area (Å²) >= 11 is 6.64. The number of ether oxygens (including phenoxy) is 2. The standard InChI is InChI=1S/C17H32ClNO2/c1-2-3-12-20-13-14-21-16-9-7-8-15(18)17(16)19-10-5-4-6-11-19/h15-17H,2-14H2,1H3. The van der Waals surface area contributed by atoms with Crippen molar-refractivity contribution in [2.24, 2.45) is 0 Å². The van der Waals surface area contributed by atoms with Gasteiger partial charge in [-0.05, 0) is 51.6 Å². The molecule has 3 atom stereocenters. The molecular weight excluding hydrogens is 286 g/mol. The van der Waals surface area contributed by atoms with Crippen LogP contribution >= 0.6 is 11.6 Å². The molecule has 0 aromatic rings. The van der Waals surface area contributed by atoms with Gasteiger partial charge in [0.1, 0.15) is 0 Å². The van der Waals surface area contributed by atoms with Crippen molar-refractivity contribution in [2.75, 3.05) is 32.9 Å². The maximum Gasteiger partial charge on any atom is 0.0745 e. The Morgan fingerprint density at radius 3 is 2.57 bits per heavy atom. The molecule has 2 rings (SSSR count). The minimum absolute atomic E-state index is 0.253. The Bertz CT molecular complexity index is 272. The molecule has 0 aromatic heterocycles. The summed E-state index contributed by atoms with van der Waals surface area (Å²) in [6.07, 6.45) is 10.1. The highest BCUT2D eigenvalue weighted by Gasteiger charge is 2.37. The Kier molecular flexibility index (Phi) is 8.38. The van der Waals surface area contributed by atoms with Gasteiger partial charge in [0.05, 0.1) is 30.7 Å². The molecule has 124 valence electrons. The summed E-state index contributed by atoms with van der Waals surface area (Å²) < 4.78 is 11.7. The van der Waals surface area contributed by atoms with E-state index in [1.165, 1.54) is 45.2 Å². The van der Waals surface area contributed by atoms with E-state index in [0.717, 1.165) is 32.5 Å². The molecule has 3 nitrogen and oxygen atoms in total. The van der Waals surface area contributed by atoms with Gasteiger partial charge in [0.2, 0.25) is 0 Å². The highest BCUT2D eigenvalue weighted by molar-refractivity contribution is 6.21. The molecule has 1 saturated heterocycles. The monoisotopic (exact) mass is 317 g/mol. The zero-order valence-corrected chi connectivity index (χ0v) is 14.3. The molecule has 3 unspecified atom stereocenters. The number of rotatable bonds is 8. The number of likely N-dealkylation sites (tertiary alicyclic amines) is 1. The van der Waals surface area contributed by atoms with E-state index in [9.17, 15) is 0 Å². The lowest BCUT2D eigenvalue weighted by Crippen LogP contribution is -2.54. The zero-order chi connectivity index (χ0) is 14.9. The molecule has 0 N–H and O–H groups in total. The molecule has 1 aliphatic carbocycles. The Hall–Kier alpha value is 0.170. The number of nitrogens with zero attached hydrogens (tertiary/aromatic N) is 1. The molecule has 21 heavy (non-hydrogen) atoms. The lowest BCUT2D eigenvalue weighted by atomic mass is 9.89.